The van der Waals surface area contributed by atoms with E-state index in [0.717, 1.165) is 18.5 Å². The zero-order valence-electron chi connectivity index (χ0n) is 11.7. The third-order valence-electron chi connectivity index (χ3n) is 3.37. The van der Waals surface area contributed by atoms with Gasteiger partial charge in [-0.15, -0.1) is 11.3 Å². The Hall–Kier alpha value is -1.72. The largest absolute Gasteiger partial charge is 0.308 e. The maximum absolute atomic E-state index is 4.68. The Kier molecular flexibility index (Phi) is 3.80. The first kappa shape index (κ1) is 13.3. The summed E-state index contributed by atoms with van der Waals surface area (Å²) in [7, 11) is 1.97. The van der Waals surface area contributed by atoms with Gasteiger partial charge in [0.15, 0.2) is 0 Å². The van der Waals surface area contributed by atoms with Crippen molar-refractivity contribution < 1.29 is 0 Å². The van der Waals surface area contributed by atoms with Crippen LogP contribution in [-0.4, -0.2) is 20.8 Å². The minimum atomic E-state index is 0.394. The normalized spacial score (nSPS) is 12.9. The molecular weight excluding hydrogens is 268 g/mol. The molecular formula is C15H18N4S. The molecule has 0 aliphatic carbocycles. The fourth-order valence-electron chi connectivity index (χ4n) is 2.19. The number of para-hydroxylation sites is 1. The molecule has 3 aromatic rings. The van der Waals surface area contributed by atoms with Crippen LogP contribution in [0.2, 0.25) is 0 Å². The SMILES string of the molecule is C[C@H](Cc1nc2ccccc2s1)NCc1ccnn1C. The van der Waals surface area contributed by atoms with Crippen molar-refractivity contribution in [3.8, 4) is 0 Å². The fraction of sp³-hybridized carbons (Fsp3) is 0.333. The Morgan fingerprint density at radius 2 is 2.15 bits per heavy atom. The standard InChI is InChI=1S/C15H18N4S/c1-11(16-10-12-7-8-17-19(12)2)9-15-18-13-5-3-4-6-14(13)20-15/h3-8,11,16H,9-10H2,1-2H3/t11-/m1/s1. The zero-order chi connectivity index (χ0) is 13.9. The zero-order valence-corrected chi connectivity index (χ0v) is 12.5. The van der Waals surface area contributed by atoms with Crippen LogP contribution in [0, 0.1) is 0 Å². The number of hydrogen-bond donors (Lipinski definition) is 1. The first-order chi connectivity index (χ1) is 9.72. The minimum absolute atomic E-state index is 0.394. The molecule has 1 aromatic carbocycles. The number of rotatable bonds is 5. The van der Waals surface area contributed by atoms with E-state index in [1.165, 1.54) is 15.4 Å². The van der Waals surface area contributed by atoms with Gasteiger partial charge in [-0.3, -0.25) is 4.68 Å². The van der Waals surface area contributed by atoms with Gasteiger partial charge >= 0.3 is 0 Å². The van der Waals surface area contributed by atoms with Crippen molar-refractivity contribution in [2.24, 2.45) is 7.05 Å². The van der Waals surface area contributed by atoms with Crippen LogP contribution in [0.1, 0.15) is 17.6 Å². The topological polar surface area (TPSA) is 42.7 Å². The maximum atomic E-state index is 4.68. The summed E-state index contributed by atoms with van der Waals surface area (Å²) < 4.78 is 3.17. The van der Waals surface area contributed by atoms with Crippen LogP contribution in [0.5, 0.6) is 0 Å². The van der Waals surface area contributed by atoms with E-state index in [9.17, 15) is 0 Å². The van der Waals surface area contributed by atoms with E-state index < -0.39 is 0 Å². The van der Waals surface area contributed by atoms with Crippen LogP contribution in [0.3, 0.4) is 0 Å². The first-order valence-electron chi connectivity index (χ1n) is 6.77. The predicted molar refractivity (Wildman–Crippen MR) is 82.8 cm³/mol. The van der Waals surface area contributed by atoms with Crippen molar-refractivity contribution in [2.75, 3.05) is 0 Å². The lowest BCUT2D eigenvalue weighted by atomic mass is 10.2. The van der Waals surface area contributed by atoms with Gasteiger partial charge in [0.25, 0.3) is 0 Å². The van der Waals surface area contributed by atoms with Crippen LogP contribution in [-0.2, 0) is 20.0 Å². The molecule has 0 aliphatic rings. The molecule has 0 radical (unpaired) electrons. The molecule has 2 heterocycles. The highest BCUT2D eigenvalue weighted by atomic mass is 32.1. The molecule has 104 valence electrons. The second kappa shape index (κ2) is 5.73. The summed E-state index contributed by atoms with van der Waals surface area (Å²) in [4.78, 5) is 4.68. The van der Waals surface area contributed by atoms with Gasteiger partial charge in [-0.05, 0) is 25.1 Å². The van der Waals surface area contributed by atoms with Crippen LogP contribution < -0.4 is 5.32 Å². The average molecular weight is 286 g/mol. The highest BCUT2D eigenvalue weighted by molar-refractivity contribution is 7.18. The number of aryl methyl sites for hydroxylation is 1. The molecule has 0 bridgehead atoms. The Morgan fingerprint density at radius 3 is 2.90 bits per heavy atom. The molecule has 0 saturated heterocycles. The maximum Gasteiger partial charge on any atom is 0.0954 e. The summed E-state index contributed by atoms with van der Waals surface area (Å²) in [6, 6.07) is 10.7. The molecule has 3 rings (SSSR count). The van der Waals surface area contributed by atoms with Gasteiger partial charge in [-0.25, -0.2) is 4.98 Å². The lowest BCUT2D eigenvalue weighted by molar-refractivity contribution is 0.525. The molecule has 0 amide bonds. The molecule has 0 aliphatic heterocycles. The number of benzene rings is 1. The van der Waals surface area contributed by atoms with Gasteiger partial charge in [0.2, 0.25) is 0 Å². The van der Waals surface area contributed by atoms with E-state index in [-0.39, 0.29) is 0 Å². The van der Waals surface area contributed by atoms with E-state index in [1.807, 2.05) is 30.1 Å². The molecule has 20 heavy (non-hydrogen) atoms. The smallest absolute Gasteiger partial charge is 0.0954 e. The first-order valence-corrected chi connectivity index (χ1v) is 7.59. The van der Waals surface area contributed by atoms with Gasteiger partial charge < -0.3 is 5.32 Å². The monoisotopic (exact) mass is 286 g/mol. The van der Waals surface area contributed by atoms with Crippen molar-refractivity contribution in [3.05, 3.63) is 47.2 Å². The van der Waals surface area contributed by atoms with Crippen molar-refractivity contribution in [1.82, 2.24) is 20.1 Å². The highest BCUT2D eigenvalue weighted by Crippen LogP contribution is 2.22. The van der Waals surface area contributed by atoms with Crippen molar-refractivity contribution >= 4 is 21.6 Å². The second-order valence-electron chi connectivity index (χ2n) is 5.01. The van der Waals surface area contributed by atoms with E-state index in [0.29, 0.717) is 6.04 Å². The lowest BCUT2D eigenvalue weighted by Crippen LogP contribution is -2.28. The summed E-state index contributed by atoms with van der Waals surface area (Å²) in [5.74, 6) is 0. The van der Waals surface area contributed by atoms with E-state index in [4.69, 9.17) is 0 Å². The molecule has 0 saturated carbocycles. The van der Waals surface area contributed by atoms with Crippen molar-refractivity contribution in [1.29, 1.82) is 0 Å². The van der Waals surface area contributed by atoms with Crippen molar-refractivity contribution in [3.63, 3.8) is 0 Å². The van der Waals surface area contributed by atoms with Gasteiger partial charge in [-0.2, -0.15) is 5.10 Å². The summed E-state index contributed by atoms with van der Waals surface area (Å²) in [6.45, 7) is 3.03. The quantitative estimate of drug-likeness (QED) is 0.784. The van der Waals surface area contributed by atoms with Gasteiger partial charge in [-0.1, -0.05) is 12.1 Å². The van der Waals surface area contributed by atoms with E-state index in [2.05, 4.69) is 40.5 Å². The Labute approximate surface area is 122 Å². The van der Waals surface area contributed by atoms with E-state index in [1.54, 1.807) is 11.3 Å². The van der Waals surface area contributed by atoms with Gasteiger partial charge in [0.1, 0.15) is 0 Å². The molecule has 0 unspecified atom stereocenters. The number of nitrogens with zero attached hydrogens (tertiary/aromatic N) is 3. The highest BCUT2D eigenvalue weighted by Gasteiger charge is 2.09. The molecule has 1 N–H and O–H groups in total. The molecule has 0 spiro atoms. The summed E-state index contributed by atoms with van der Waals surface area (Å²) in [5.41, 5.74) is 2.30. The summed E-state index contributed by atoms with van der Waals surface area (Å²) in [6.07, 6.45) is 2.78. The number of aromatic nitrogens is 3. The summed E-state index contributed by atoms with van der Waals surface area (Å²) in [5, 5.41) is 8.89. The minimum Gasteiger partial charge on any atom is -0.308 e. The van der Waals surface area contributed by atoms with Crippen LogP contribution in [0.25, 0.3) is 10.2 Å². The number of thiazole rings is 1. The number of fused-ring (bicyclic) bond motifs is 1. The predicted octanol–water partition coefficient (Wildman–Crippen LogP) is 2.75. The third kappa shape index (κ3) is 2.89. The Bertz CT molecular complexity index is 668. The fourth-order valence-corrected chi connectivity index (χ4v) is 3.29. The molecule has 4 nitrogen and oxygen atoms in total. The lowest BCUT2D eigenvalue weighted by Gasteiger charge is -2.12. The molecule has 2 aromatic heterocycles. The summed E-state index contributed by atoms with van der Waals surface area (Å²) >= 11 is 1.78. The Morgan fingerprint density at radius 1 is 1.30 bits per heavy atom. The second-order valence-corrected chi connectivity index (χ2v) is 6.12. The van der Waals surface area contributed by atoms with Crippen LogP contribution in [0.15, 0.2) is 36.5 Å². The van der Waals surface area contributed by atoms with Crippen LogP contribution in [0.4, 0.5) is 0 Å². The van der Waals surface area contributed by atoms with Crippen LogP contribution >= 0.6 is 11.3 Å². The number of nitrogens with one attached hydrogen (secondary N) is 1. The van der Waals surface area contributed by atoms with E-state index >= 15 is 0 Å². The van der Waals surface area contributed by atoms with Gasteiger partial charge in [0, 0.05) is 32.3 Å². The average Bonchev–Trinajstić information content (AvgIpc) is 3.01. The van der Waals surface area contributed by atoms with Gasteiger partial charge in [0.05, 0.1) is 20.9 Å². The Balaban J connectivity index is 1.61. The molecule has 0 fully saturated rings. The van der Waals surface area contributed by atoms with Crippen molar-refractivity contribution in [2.45, 2.75) is 25.9 Å². The number of hydrogen-bond acceptors (Lipinski definition) is 4. The molecule has 1 atom stereocenters. The molecule has 5 heteroatoms. The third-order valence-corrected chi connectivity index (χ3v) is 4.43.